The van der Waals surface area contributed by atoms with Crippen LogP contribution in [0.3, 0.4) is 0 Å². The van der Waals surface area contributed by atoms with E-state index in [0.29, 0.717) is 37.3 Å². The van der Waals surface area contributed by atoms with E-state index < -0.39 is 5.60 Å². The van der Waals surface area contributed by atoms with Gasteiger partial charge in [0.05, 0.1) is 5.92 Å². The smallest absolute Gasteiger partial charge is 0.261 e. The van der Waals surface area contributed by atoms with Crippen molar-refractivity contribution < 1.29 is 14.7 Å². The van der Waals surface area contributed by atoms with Crippen molar-refractivity contribution in [1.29, 1.82) is 0 Å². The van der Waals surface area contributed by atoms with Gasteiger partial charge in [0.2, 0.25) is 5.91 Å². The molecule has 3 unspecified atom stereocenters. The van der Waals surface area contributed by atoms with E-state index in [-0.39, 0.29) is 23.8 Å². The first-order chi connectivity index (χ1) is 13.4. The molecule has 0 radical (unpaired) electrons. The van der Waals surface area contributed by atoms with Crippen molar-refractivity contribution >= 4 is 23.1 Å². The zero-order valence-electron chi connectivity index (χ0n) is 16.9. The number of aliphatic hydroxyl groups is 1. The fourth-order valence-corrected chi connectivity index (χ4v) is 5.08. The zero-order valence-corrected chi connectivity index (χ0v) is 16.9. The molecule has 28 heavy (non-hydrogen) atoms. The number of anilines is 1. The molecule has 3 aliphatic rings. The molecule has 6 heteroatoms. The van der Waals surface area contributed by atoms with E-state index in [9.17, 15) is 14.7 Å². The van der Waals surface area contributed by atoms with Gasteiger partial charge in [0, 0.05) is 43.3 Å². The van der Waals surface area contributed by atoms with Crippen LogP contribution in [-0.4, -0.2) is 58.9 Å². The topological polar surface area (TPSA) is 72.9 Å². The second-order valence-corrected chi connectivity index (χ2v) is 8.00. The van der Waals surface area contributed by atoms with Gasteiger partial charge in [-0.3, -0.25) is 14.5 Å². The Morgan fingerprint density at radius 2 is 2.07 bits per heavy atom. The second kappa shape index (κ2) is 7.01. The van der Waals surface area contributed by atoms with Crippen molar-refractivity contribution in [3.8, 4) is 0 Å². The van der Waals surface area contributed by atoms with E-state index in [4.69, 9.17) is 0 Å². The van der Waals surface area contributed by atoms with Crippen LogP contribution in [0.4, 0.5) is 5.69 Å². The van der Waals surface area contributed by atoms with Crippen LogP contribution < -0.4 is 5.32 Å². The van der Waals surface area contributed by atoms with E-state index in [0.717, 1.165) is 24.1 Å². The molecule has 3 atom stereocenters. The molecule has 0 aromatic heterocycles. The average Bonchev–Trinajstić information content (AvgIpc) is 2.94. The monoisotopic (exact) mass is 383 g/mol. The minimum Gasteiger partial charge on any atom is -0.375 e. The summed E-state index contributed by atoms with van der Waals surface area (Å²) in [5, 5.41) is 14.1. The van der Waals surface area contributed by atoms with E-state index in [1.54, 1.807) is 0 Å². The molecule has 0 fully saturated rings. The highest BCUT2D eigenvalue weighted by Gasteiger charge is 2.54. The Balaban J connectivity index is 1.83. The van der Waals surface area contributed by atoms with Crippen molar-refractivity contribution in [1.82, 2.24) is 9.80 Å². The lowest BCUT2D eigenvalue weighted by Crippen LogP contribution is -2.53. The van der Waals surface area contributed by atoms with Gasteiger partial charge >= 0.3 is 0 Å². The molecule has 2 amide bonds. The Morgan fingerprint density at radius 1 is 1.32 bits per heavy atom. The minimum absolute atomic E-state index is 0.0581. The van der Waals surface area contributed by atoms with Crippen LogP contribution in [0.1, 0.15) is 44.7 Å². The third kappa shape index (κ3) is 2.70. The molecule has 6 nitrogen and oxygen atoms in total. The number of nitrogens with zero attached hydrogens (tertiary/aromatic N) is 2. The van der Waals surface area contributed by atoms with Gasteiger partial charge in [-0.25, -0.2) is 0 Å². The zero-order chi connectivity index (χ0) is 20.1. The second-order valence-electron chi connectivity index (χ2n) is 8.00. The maximum absolute atomic E-state index is 13.1. The molecule has 1 aromatic rings. The van der Waals surface area contributed by atoms with Crippen LogP contribution in [-0.2, 0) is 15.2 Å². The summed E-state index contributed by atoms with van der Waals surface area (Å²) in [6.45, 7) is 8.99. The predicted molar refractivity (Wildman–Crippen MR) is 109 cm³/mol. The molecule has 1 aliphatic carbocycles. The number of nitrogens with one attached hydrogen (secondary N) is 1. The van der Waals surface area contributed by atoms with Gasteiger partial charge in [0.15, 0.2) is 5.60 Å². The van der Waals surface area contributed by atoms with Gasteiger partial charge in [0.25, 0.3) is 5.91 Å². The summed E-state index contributed by atoms with van der Waals surface area (Å²) in [5.41, 5.74) is 1.84. The van der Waals surface area contributed by atoms with Crippen LogP contribution in [0.15, 0.2) is 24.3 Å². The first-order valence-corrected chi connectivity index (χ1v) is 10.4. The van der Waals surface area contributed by atoms with Gasteiger partial charge in [-0.1, -0.05) is 25.1 Å². The Labute approximate surface area is 166 Å². The highest BCUT2D eigenvalue weighted by molar-refractivity contribution is 6.08. The first kappa shape index (κ1) is 19.2. The van der Waals surface area contributed by atoms with E-state index in [1.165, 1.54) is 0 Å². The lowest BCUT2D eigenvalue weighted by molar-refractivity contribution is -0.137. The quantitative estimate of drug-likeness (QED) is 0.818. The Morgan fingerprint density at radius 3 is 2.75 bits per heavy atom. The molecule has 0 saturated carbocycles. The number of fused-ring (bicyclic) bond motifs is 2. The number of amides is 2. The molecule has 0 spiro atoms. The van der Waals surface area contributed by atoms with Crippen LogP contribution in [0, 0.1) is 5.92 Å². The lowest BCUT2D eigenvalue weighted by atomic mass is 9.71. The van der Waals surface area contributed by atoms with Crippen molar-refractivity contribution in [2.45, 2.75) is 45.3 Å². The Bertz CT molecular complexity index is 845. The number of benzene rings is 1. The number of carbonyl (C=O) groups excluding carboxylic acids is 2. The highest BCUT2D eigenvalue weighted by Crippen LogP contribution is 2.51. The fourth-order valence-electron chi connectivity index (χ4n) is 5.08. The normalized spacial score (nSPS) is 28.3. The van der Waals surface area contributed by atoms with Gasteiger partial charge in [-0.05, 0) is 44.0 Å². The fraction of sp³-hybridized carbons (Fsp3) is 0.545. The summed E-state index contributed by atoms with van der Waals surface area (Å²) in [4.78, 5) is 29.8. The van der Waals surface area contributed by atoms with E-state index in [1.807, 2.05) is 36.9 Å². The Hall–Kier alpha value is -2.18. The maximum atomic E-state index is 13.1. The molecule has 4 rings (SSSR count). The van der Waals surface area contributed by atoms with Crippen molar-refractivity contribution in [2.24, 2.45) is 5.92 Å². The number of rotatable bonds is 5. The molecule has 1 aromatic carbocycles. The number of carbonyl (C=O) groups is 2. The molecule has 2 N–H and O–H groups in total. The van der Waals surface area contributed by atoms with Gasteiger partial charge in [-0.2, -0.15) is 0 Å². The SMILES string of the molecule is CCCN1CC(C(=O)N(CC)CC)C=C2c3cccc4c3C(O)(CC21)C(=O)N4. The summed E-state index contributed by atoms with van der Waals surface area (Å²) in [6.07, 6.45) is 3.38. The van der Waals surface area contributed by atoms with Crippen molar-refractivity contribution in [3.63, 3.8) is 0 Å². The third-order valence-electron chi connectivity index (χ3n) is 6.42. The molecule has 0 saturated heterocycles. The molecule has 2 aliphatic heterocycles. The largest absolute Gasteiger partial charge is 0.375 e. The summed E-state index contributed by atoms with van der Waals surface area (Å²) >= 11 is 0. The number of hydrogen-bond acceptors (Lipinski definition) is 4. The van der Waals surface area contributed by atoms with Crippen LogP contribution in [0.25, 0.3) is 5.57 Å². The summed E-state index contributed by atoms with van der Waals surface area (Å²) < 4.78 is 0. The summed E-state index contributed by atoms with van der Waals surface area (Å²) in [5.74, 6) is -0.392. The van der Waals surface area contributed by atoms with Crippen molar-refractivity contribution in [2.75, 3.05) is 31.5 Å². The van der Waals surface area contributed by atoms with Gasteiger partial charge < -0.3 is 15.3 Å². The van der Waals surface area contributed by atoms with Gasteiger partial charge in [0.1, 0.15) is 0 Å². The maximum Gasteiger partial charge on any atom is 0.261 e. The standard InChI is InChI=1S/C22H29N3O3/c1-4-10-25-13-14(20(26)24(5-2)6-3)11-16-15-8-7-9-17-19(15)22(28,12-18(16)25)21(27)23-17/h7-9,11,14,18,28H,4-6,10,12-13H2,1-3H3,(H,23,27). The van der Waals surface area contributed by atoms with Crippen molar-refractivity contribution in [3.05, 3.63) is 35.4 Å². The molecular weight excluding hydrogens is 354 g/mol. The van der Waals surface area contributed by atoms with Crippen LogP contribution >= 0.6 is 0 Å². The lowest BCUT2D eigenvalue weighted by Gasteiger charge is -2.45. The van der Waals surface area contributed by atoms with E-state index >= 15 is 0 Å². The number of hydrogen-bond donors (Lipinski definition) is 2. The molecule has 0 bridgehead atoms. The summed E-state index contributed by atoms with van der Waals surface area (Å²) in [7, 11) is 0. The molecular formula is C22H29N3O3. The minimum atomic E-state index is -1.49. The molecule has 150 valence electrons. The highest BCUT2D eigenvalue weighted by atomic mass is 16.3. The van der Waals surface area contributed by atoms with Crippen LogP contribution in [0.2, 0.25) is 0 Å². The summed E-state index contributed by atoms with van der Waals surface area (Å²) in [6, 6.07) is 5.65. The molecule has 2 heterocycles. The predicted octanol–water partition coefficient (Wildman–Crippen LogP) is 2.19. The van der Waals surface area contributed by atoms with Gasteiger partial charge in [-0.15, -0.1) is 0 Å². The van der Waals surface area contributed by atoms with E-state index in [2.05, 4.69) is 23.2 Å². The Kier molecular flexibility index (Phi) is 4.79. The first-order valence-electron chi connectivity index (χ1n) is 10.4. The van der Waals surface area contributed by atoms with Crippen LogP contribution in [0.5, 0.6) is 0 Å². The average molecular weight is 383 g/mol. The third-order valence-corrected chi connectivity index (χ3v) is 6.42.